The average Bonchev–Trinajstić information content (AvgIpc) is 2.22. The highest BCUT2D eigenvalue weighted by Gasteiger charge is 2.11. The highest BCUT2D eigenvalue weighted by Crippen LogP contribution is 2.26. The first-order chi connectivity index (χ1) is 7.58. The average molecular weight is 225 g/mol. The van der Waals surface area contributed by atoms with E-state index in [1.807, 2.05) is 6.07 Å². The lowest BCUT2D eigenvalue weighted by Gasteiger charge is -2.04. The standard InChI is InChI=1S/C12H5F4/c13-7-2-4-11(15)10(5-7)9-3-1-8(14)6-12(9)16/h1,3-6H. The Morgan fingerprint density at radius 2 is 1.56 bits per heavy atom. The third-order valence-electron chi connectivity index (χ3n) is 2.09. The molecule has 2 aromatic rings. The molecule has 0 atom stereocenters. The molecule has 1 radical (unpaired) electrons. The van der Waals surface area contributed by atoms with Crippen LogP contribution >= 0.6 is 0 Å². The van der Waals surface area contributed by atoms with Crippen LogP contribution in [0.1, 0.15) is 0 Å². The molecule has 0 aliphatic rings. The molecule has 2 rings (SSSR count). The third-order valence-corrected chi connectivity index (χ3v) is 2.09. The van der Waals surface area contributed by atoms with Gasteiger partial charge in [-0.1, -0.05) is 0 Å². The zero-order valence-corrected chi connectivity index (χ0v) is 7.90. The van der Waals surface area contributed by atoms with E-state index in [2.05, 4.69) is 0 Å². The Morgan fingerprint density at radius 1 is 0.812 bits per heavy atom. The number of hydrogen-bond donors (Lipinski definition) is 0. The summed E-state index contributed by atoms with van der Waals surface area (Å²) < 4.78 is 52.0. The number of hydrogen-bond acceptors (Lipinski definition) is 0. The summed E-state index contributed by atoms with van der Waals surface area (Å²) in [6, 6.07) is 6.24. The van der Waals surface area contributed by atoms with E-state index >= 15 is 0 Å². The van der Waals surface area contributed by atoms with Crippen molar-refractivity contribution in [3.63, 3.8) is 0 Å². The second kappa shape index (κ2) is 3.96. The second-order valence-corrected chi connectivity index (χ2v) is 3.17. The molecule has 0 saturated carbocycles. The summed E-state index contributed by atoms with van der Waals surface area (Å²) in [5.41, 5.74) is -0.444. The highest BCUT2D eigenvalue weighted by molar-refractivity contribution is 5.64. The summed E-state index contributed by atoms with van der Waals surface area (Å²) in [5, 5.41) is 0. The molecule has 16 heavy (non-hydrogen) atoms. The first kappa shape index (κ1) is 10.7. The predicted molar refractivity (Wildman–Crippen MR) is 50.5 cm³/mol. The van der Waals surface area contributed by atoms with Crippen LogP contribution in [0.25, 0.3) is 11.1 Å². The summed E-state index contributed by atoms with van der Waals surface area (Å²) in [5.74, 6) is -3.33. The van der Waals surface area contributed by atoms with Crippen molar-refractivity contribution in [1.82, 2.24) is 0 Å². The van der Waals surface area contributed by atoms with Crippen LogP contribution in [-0.4, -0.2) is 0 Å². The summed E-state index contributed by atoms with van der Waals surface area (Å²) in [6.45, 7) is 0. The van der Waals surface area contributed by atoms with Crippen LogP contribution < -0.4 is 0 Å². The molecule has 4 heteroatoms. The van der Waals surface area contributed by atoms with Crippen LogP contribution in [0.2, 0.25) is 0 Å². The van der Waals surface area contributed by atoms with Crippen LogP contribution in [0.3, 0.4) is 0 Å². The van der Waals surface area contributed by atoms with E-state index in [4.69, 9.17) is 0 Å². The van der Waals surface area contributed by atoms with E-state index in [0.29, 0.717) is 6.07 Å². The van der Waals surface area contributed by atoms with Crippen LogP contribution in [0.5, 0.6) is 0 Å². The first-order valence-corrected chi connectivity index (χ1v) is 4.40. The molecule has 81 valence electrons. The molecule has 0 fully saturated rings. The van der Waals surface area contributed by atoms with Crippen molar-refractivity contribution in [3.8, 4) is 11.1 Å². The van der Waals surface area contributed by atoms with Crippen LogP contribution in [-0.2, 0) is 0 Å². The topological polar surface area (TPSA) is 0 Å². The fourth-order valence-corrected chi connectivity index (χ4v) is 1.36. The van der Waals surface area contributed by atoms with E-state index in [1.165, 1.54) is 0 Å². The molecule has 0 unspecified atom stereocenters. The van der Waals surface area contributed by atoms with Gasteiger partial charge in [0.25, 0.3) is 0 Å². The van der Waals surface area contributed by atoms with E-state index in [1.54, 1.807) is 0 Å². The van der Waals surface area contributed by atoms with Crippen molar-refractivity contribution in [1.29, 1.82) is 0 Å². The minimum atomic E-state index is -0.940. The molecule has 2 aromatic carbocycles. The normalized spacial score (nSPS) is 10.5. The third kappa shape index (κ3) is 1.91. The molecule has 0 spiro atoms. The maximum absolute atomic E-state index is 13.3. The quantitative estimate of drug-likeness (QED) is 0.649. The van der Waals surface area contributed by atoms with Gasteiger partial charge in [0.15, 0.2) is 0 Å². The lowest BCUT2D eigenvalue weighted by atomic mass is 10.0. The molecular formula is C12H5F4. The lowest BCUT2D eigenvalue weighted by Crippen LogP contribution is -1.91. The molecule has 0 N–H and O–H groups in total. The maximum Gasteiger partial charge on any atom is 0.134 e. The minimum absolute atomic E-state index is 0.188. The number of halogens is 4. The number of benzene rings is 2. The molecule has 0 amide bonds. The van der Waals surface area contributed by atoms with E-state index < -0.39 is 23.3 Å². The van der Waals surface area contributed by atoms with Crippen LogP contribution in [0.4, 0.5) is 17.6 Å². The Balaban J connectivity index is 2.62. The molecule has 0 aliphatic heterocycles. The first-order valence-electron chi connectivity index (χ1n) is 4.40. The van der Waals surface area contributed by atoms with Gasteiger partial charge in [-0.25, -0.2) is 17.6 Å². The fourth-order valence-electron chi connectivity index (χ4n) is 1.36. The summed E-state index contributed by atoms with van der Waals surface area (Å²) in [4.78, 5) is 0. The van der Waals surface area contributed by atoms with Gasteiger partial charge in [0, 0.05) is 23.3 Å². The molecular weight excluding hydrogens is 220 g/mol. The Kier molecular flexibility index (Phi) is 2.64. The largest absolute Gasteiger partial charge is 0.207 e. The van der Waals surface area contributed by atoms with Gasteiger partial charge >= 0.3 is 0 Å². The summed E-state index contributed by atoms with van der Waals surface area (Å²) in [6.07, 6.45) is 0. The second-order valence-electron chi connectivity index (χ2n) is 3.17. The van der Waals surface area contributed by atoms with E-state index in [9.17, 15) is 17.6 Å². The van der Waals surface area contributed by atoms with Gasteiger partial charge in [0.1, 0.15) is 23.3 Å². The monoisotopic (exact) mass is 225 g/mol. The lowest BCUT2D eigenvalue weighted by molar-refractivity contribution is 0.580. The van der Waals surface area contributed by atoms with E-state index in [0.717, 1.165) is 24.3 Å². The SMILES string of the molecule is Fc1[c]cc(F)c(-c2ccc(F)cc2F)c1. The van der Waals surface area contributed by atoms with Crippen molar-refractivity contribution >= 4 is 0 Å². The zero-order valence-electron chi connectivity index (χ0n) is 7.90. The smallest absolute Gasteiger partial charge is 0.134 e. The van der Waals surface area contributed by atoms with Gasteiger partial charge in [-0.05, 0) is 24.3 Å². The Morgan fingerprint density at radius 3 is 2.25 bits per heavy atom. The van der Waals surface area contributed by atoms with E-state index in [-0.39, 0.29) is 11.1 Å². The predicted octanol–water partition coefficient (Wildman–Crippen LogP) is 3.71. The number of rotatable bonds is 1. The van der Waals surface area contributed by atoms with Gasteiger partial charge in [-0.15, -0.1) is 0 Å². The molecule has 0 aromatic heterocycles. The van der Waals surface area contributed by atoms with Crippen molar-refractivity contribution in [2.24, 2.45) is 0 Å². The van der Waals surface area contributed by atoms with Gasteiger partial charge in [-0.3, -0.25) is 0 Å². The van der Waals surface area contributed by atoms with Gasteiger partial charge in [0.2, 0.25) is 0 Å². The molecule has 0 bridgehead atoms. The van der Waals surface area contributed by atoms with Crippen molar-refractivity contribution in [3.05, 3.63) is 59.7 Å². The Labute approximate surface area is 89.2 Å². The summed E-state index contributed by atoms with van der Waals surface area (Å²) in [7, 11) is 0. The van der Waals surface area contributed by atoms with Crippen molar-refractivity contribution in [2.75, 3.05) is 0 Å². The van der Waals surface area contributed by atoms with Gasteiger partial charge in [-0.2, -0.15) is 0 Å². The highest BCUT2D eigenvalue weighted by atomic mass is 19.1. The zero-order chi connectivity index (χ0) is 11.7. The minimum Gasteiger partial charge on any atom is -0.207 e. The molecule has 0 saturated heterocycles. The Bertz CT molecular complexity index is 535. The maximum atomic E-state index is 13.3. The van der Waals surface area contributed by atoms with Crippen molar-refractivity contribution < 1.29 is 17.6 Å². The van der Waals surface area contributed by atoms with Crippen LogP contribution in [0.15, 0.2) is 30.3 Å². The van der Waals surface area contributed by atoms with Crippen LogP contribution in [0, 0.1) is 29.3 Å². The van der Waals surface area contributed by atoms with Gasteiger partial charge < -0.3 is 0 Å². The van der Waals surface area contributed by atoms with Gasteiger partial charge in [0.05, 0.1) is 0 Å². The molecule has 0 heterocycles. The van der Waals surface area contributed by atoms with Crippen molar-refractivity contribution in [2.45, 2.75) is 0 Å². The molecule has 0 nitrogen and oxygen atoms in total. The fraction of sp³-hybridized carbons (Fsp3) is 0. The summed E-state index contributed by atoms with van der Waals surface area (Å²) >= 11 is 0. The molecule has 0 aliphatic carbocycles. The Hall–Kier alpha value is -1.84.